The zero-order valence-electron chi connectivity index (χ0n) is 14.5. The Balaban J connectivity index is 1.51. The number of nitrogens with zero attached hydrogens (tertiary/aromatic N) is 1. The minimum atomic E-state index is -0.171. The van der Waals surface area contributed by atoms with Crippen LogP contribution in [-0.2, 0) is 11.2 Å². The van der Waals surface area contributed by atoms with E-state index >= 15 is 0 Å². The van der Waals surface area contributed by atoms with E-state index in [0.717, 1.165) is 37.9 Å². The number of ether oxygens (including phenoxy) is 2. The van der Waals surface area contributed by atoms with E-state index in [-0.39, 0.29) is 18.0 Å². The molecule has 2 aliphatic rings. The molecule has 3 atom stereocenters. The summed E-state index contributed by atoms with van der Waals surface area (Å²) in [5.74, 6) is 0.677. The topological polar surface area (TPSA) is 62.2 Å². The monoisotopic (exact) mass is 335 g/mol. The number of aromatic hydroxyl groups is 1. The SMILES string of the molecule is COc1ccc(CCOC2CCCC[C@H]2N2CCC(O)C2)cc1O. The zero-order valence-corrected chi connectivity index (χ0v) is 14.5. The van der Waals surface area contributed by atoms with Gasteiger partial charge in [0, 0.05) is 19.1 Å². The van der Waals surface area contributed by atoms with Gasteiger partial charge in [0.1, 0.15) is 0 Å². The maximum Gasteiger partial charge on any atom is 0.160 e. The summed E-state index contributed by atoms with van der Waals surface area (Å²) in [6, 6.07) is 5.95. The Morgan fingerprint density at radius 2 is 2.04 bits per heavy atom. The highest BCUT2D eigenvalue weighted by atomic mass is 16.5. The van der Waals surface area contributed by atoms with Crippen molar-refractivity contribution in [2.45, 2.75) is 56.8 Å². The molecule has 2 fully saturated rings. The smallest absolute Gasteiger partial charge is 0.160 e. The van der Waals surface area contributed by atoms with E-state index in [1.54, 1.807) is 19.2 Å². The molecule has 0 spiro atoms. The molecule has 1 aliphatic carbocycles. The number of likely N-dealkylation sites (tertiary alicyclic amines) is 1. The molecule has 1 aliphatic heterocycles. The van der Waals surface area contributed by atoms with Gasteiger partial charge < -0.3 is 19.7 Å². The van der Waals surface area contributed by atoms with Gasteiger partial charge in [-0.25, -0.2) is 0 Å². The maximum absolute atomic E-state index is 9.85. The second kappa shape index (κ2) is 8.19. The molecule has 2 unspecified atom stereocenters. The highest BCUT2D eigenvalue weighted by Gasteiger charge is 2.34. The first-order chi connectivity index (χ1) is 11.7. The van der Waals surface area contributed by atoms with Crippen molar-refractivity contribution in [3.63, 3.8) is 0 Å². The van der Waals surface area contributed by atoms with E-state index < -0.39 is 0 Å². The van der Waals surface area contributed by atoms with Gasteiger partial charge in [-0.1, -0.05) is 18.9 Å². The fraction of sp³-hybridized carbons (Fsp3) is 0.684. The largest absolute Gasteiger partial charge is 0.504 e. The number of β-amino-alcohol motifs (C(OH)–C–C–N with tert-alkyl or cyclic N) is 1. The van der Waals surface area contributed by atoms with Crippen molar-refractivity contribution >= 4 is 0 Å². The van der Waals surface area contributed by atoms with E-state index in [1.165, 1.54) is 19.3 Å². The van der Waals surface area contributed by atoms with Crippen LogP contribution < -0.4 is 4.74 Å². The van der Waals surface area contributed by atoms with Gasteiger partial charge >= 0.3 is 0 Å². The minimum Gasteiger partial charge on any atom is -0.504 e. The lowest BCUT2D eigenvalue weighted by molar-refractivity contribution is -0.0316. The van der Waals surface area contributed by atoms with E-state index in [4.69, 9.17) is 9.47 Å². The maximum atomic E-state index is 9.85. The number of phenolic OH excluding ortho intramolecular Hbond substituents is 1. The molecule has 0 bridgehead atoms. The molecule has 1 saturated heterocycles. The lowest BCUT2D eigenvalue weighted by Gasteiger charge is -2.37. The van der Waals surface area contributed by atoms with Crippen LogP contribution in [0.15, 0.2) is 18.2 Å². The van der Waals surface area contributed by atoms with Crippen molar-refractivity contribution in [2.24, 2.45) is 0 Å². The third-order valence-corrected chi connectivity index (χ3v) is 5.30. The summed E-state index contributed by atoms with van der Waals surface area (Å²) in [5.41, 5.74) is 1.05. The molecule has 5 heteroatoms. The molecule has 2 N–H and O–H groups in total. The average Bonchev–Trinajstić information content (AvgIpc) is 3.02. The summed E-state index contributed by atoms with van der Waals surface area (Å²) in [7, 11) is 1.55. The van der Waals surface area contributed by atoms with Crippen molar-refractivity contribution in [2.75, 3.05) is 26.8 Å². The number of phenols is 1. The second-order valence-electron chi connectivity index (χ2n) is 6.95. The molecule has 134 valence electrons. The summed E-state index contributed by atoms with van der Waals surface area (Å²) in [6.45, 7) is 2.43. The molecule has 1 aromatic carbocycles. The summed E-state index contributed by atoms with van der Waals surface area (Å²) in [6.07, 6.45) is 6.50. The van der Waals surface area contributed by atoms with E-state index in [9.17, 15) is 10.2 Å². The molecule has 1 aromatic rings. The first kappa shape index (κ1) is 17.5. The number of hydrogen-bond donors (Lipinski definition) is 2. The van der Waals surface area contributed by atoms with Gasteiger partial charge in [-0.05, 0) is 43.4 Å². The third-order valence-electron chi connectivity index (χ3n) is 5.30. The summed E-state index contributed by atoms with van der Waals surface area (Å²) in [4.78, 5) is 2.41. The first-order valence-electron chi connectivity index (χ1n) is 9.07. The number of aliphatic hydroxyl groups is 1. The molecule has 24 heavy (non-hydrogen) atoms. The van der Waals surface area contributed by atoms with E-state index in [1.807, 2.05) is 6.07 Å². The molecule has 0 amide bonds. The number of hydrogen-bond acceptors (Lipinski definition) is 5. The standard InChI is InChI=1S/C19H29NO4/c1-23-19-7-6-14(12-17(19)22)9-11-24-18-5-3-2-4-16(18)20-10-8-15(21)13-20/h6-7,12,15-16,18,21-22H,2-5,8-11,13H2,1H3/t15?,16-,18?/m1/s1. The predicted octanol–water partition coefficient (Wildman–Crippen LogP) is 2.34. The highest BCUT2D eigenvalue weighted by Crippen LogP contribution is 2.29. The summed E-state index contributed by atoms with van der Waals surface area (Å²) >= 11 is 0. The molecular weight excluding hydrogens is 306 g/mol. The fourth-order valence-corrected chi connectivity index (χ4v) is 3.98. The zero-order chi connectivity index (χ0) is 16.9. The van der Waals surface area contributed by atoms with Crippen LogP contribution in [0.2, 0.25) is 0 Å². The first-order valence-corrected chi connectivity index (χ1v) is 9.07. The Kier molecular flexibility index (Phi) is 5.98. The molecule has 1 saturated carbocycles. The van der Waals surface area contributed by atoms with Crippen molar-refractivity contribution < 1.29 is 19.7 Å². The van der Waals surface area contributed by atoms with Crippen LogP contribution in [0.1, 0.15) is 37.7 Å². The highest BCUT2D eigenvalue weighted by molar-refractivity contribution is 5.41. The quantitative estimate of drug-likeness (QED) is 0.835. The Hall–Kier alpha value is -1.30. The van der Waals surface area contributed by atoms with Gasteiger partial charge in [-0.3, -0.25) is 4.90 Å². The molecule has 3 rings (SSSR count). The fourth-order valence-electron chi connectivity index (χ4n) is 3.98. The van der Waals surface area contributed by atoms with E-state index in [2.05, 4.69) is 4.90 Å². The Labute approximate surface area is 144 Å². The summed E-state index contributed by atoms with van der Waals surface area (Å²) in [5, 5.41) is 19.6. The van der Waals surface area contributed by atoms with Gasteiger partial charge in [-0.2, -0.15) is 0 Å². The molecule has 1 heterocycles. The summed E-state index contributed by atoms with van der Waals surface area (Å²) < 4.78 is 11.3. The molecular formula is C19H29NO4. The van der Waals surface area contributed by atoms with Crippen LogP contribution in [0.3, 0.4) is 0 Å². The van der Waals surface area contributed by atoms with Gasteiger partial charge in [0.15, 0.2) is 11.5 Å². The lowest BCUT2D eigenvalue weighted by atomic mass is 9.91. The van der Waals surface area contributed by atoms with Crippen LogP contribution in [0.25, 0.3) is 0 Å². The Bertz CT molecular complexity index is 536. The molecule has 0 radical (unpaired) electrons. The van der Waals surface area contributed by atoms with Crippen LogP contribution in [0.5, 0.6) is 11.5 Å². The van der Waals surface area contributed by atoms with Crippen LogP contribution in [0, 0.1) is 0 Å². The van der Waals surface area contributed by atoms with Gasteiger partial charge in [0.2, 0.25) is 0 Å². The van der Waals surface area contributed by atoms with Crippen molar-refractivity contribution in [1.82, 2.24) is 4.90 Å². The predicted molar refractivity (Wildman–Crippen MR) is 92.6 cm³/mol. The van der Waals surface area contributed by atoms with Crippen molar-refractivity contribution in [3.8, 4) is 11.5 Å². The molecule has 5 nitrogen and oxygen atoms in total. The second-order valence-corrected chi connectivity index (χ2v) is 6.95. The van der Waals surface area contributed by atoms with Gasteiger partial charge in [0.05, 0.1) is 25.9 Å². The number of benzene rings is 1. The third kappa shape index (κ3) is 4.21. The number of aliphatic hydroxyl groups excluding tert-OH is 1. The Morgan fingerprint density at radius 1 is 1.21 bits per heavy atom. The normalized spacial score (nSPS) is 28.2. The Morgan fingerprint density at radius 3 is 2.75 bits per heavy atom. The average molecular weight is 335 g/mol. The minimum absolute atomic E-state index is 0.171. The van der Waals surface area contributed by atoms with Crippen molar-refractivity contribution in [1.29, 1.82) is 0 Å². The van der Waals surface area contributed by atoms with Gasteiger partial charge in [0.25, 0.3) is 0 Å². The van der Waals surface area contributed by atoms with Crippen LogP contribution >= 0.6 is 0 Å². The van der Waals surface area contributed by atoms with Gasteiger partial charge in [-0.15, -0.1) is 0 Å². The number of methoxy groups -OCH3 is 1. The lowest BCUT2D eigenvalue weighted by Crippen LogP contribution is -2.46. The van der Waals surface area contributed by atoms with Crippen LogP contribution in [0.4, 0.5) is 0 Å². The molecule has 0 aromatic heterocycles. The van der Waals surface area contributed by atoms with Crippen LogP contribution in [-0.4, -0.2) is 60.2 Å². The number of rotatable bonds is 6. The van der Waals surface area contributed by atoms with Crippen molar-refractivity contribution in [3.05, 3.63) is 23.8 Å². The van der Waals surface area contributed by atoms with E-state index in [0.29, 0.717) is 18.4 Å².